The second-order valence-electron chi connectivity index (χ2n) is 6.18. The number of phenolic OH excluding ortho intramolecular Hbond substituents is 1. The summed E-state index contributed by atoms with van der Waals surface area (Å²) < 4.78 is 0. The minimum atomic E-state index is 0.327. The van der Waals surface area contributed by atoms with E-state index >= 15 is 0 Å². The summed E-state index contributed by atoms with van der Waals surface area (Å²) in [4.78, 5) is 0. The van der Waals surface area contributed by atoms with E-state index in [-0.39, 0.29) is 0 Å². The first-order valence-electron chi connectivity index (χ1n) is 6.52. The highest BCUT2D eigenvalue weighted by Gasteiger charge is 2.32. The molecule has 94 valence electrons. The molecule has 0 bridgehead atoms. The summed E-state index contributed by atoms with van der Waals surface area (Å²) >= 11 is 0. The van der Waals surface area contributed by atoms with Crippen LogP contribution in [0, 0.1) is 11.3 Å². The van der Waals surface area contributed by atoms with Crippen LogP contribution in [0.25, 0.3) is 0 Å². The summed E-state index contributed by atoms with van der Waals surface area (Å²) in [6.07, 6.45) is 3.80. The molecule has 1 saturated carbocycles. The summed E-state index contributed by atoms with van der Waals surface area (Å²) in [5.41, 5.74) is 1.60. The van der Waals surface area contributed by atoms with E-state index in [1.54, 1.807) is 12.1 Å². The lowest BCUT2D eigenvalue weighted by Crippen LogP contribution is -2.36. The highest BCUT2D eigenvalue weighted by atomic mass is 16.3. The molecule has 1 aliphatic rings. The topological polar surface area (TPSA) is 32.3 Å². The molecule has 2 nitrogen and oxygen atoms in total. The molecule has 1 fully saturated rings. The molecule has 1 aromatic rings. The maximum absolute atomic E-state index is 9.26. The van der Waals surface area contributed by atoms with Crippen molar-refractivity contribution in [3.05, 3.63) is 24.3 Å². The van der Waals surface area contributed by atoms with Gasteiger partial charge >= 0.3 is 0 Å². The van der Waals surface area contributed by atoms with Gasteiger partial charge in [-0.25, -0.2) is 0 Å². The zero-order valence-electron chi connectivity index (χ0n) is 11.0. The average molecular weight is 233 g/mol. The number of rotatable bonds is 2. The first-order valence-corrected chi connectivity index (χ1v) is 6.52. The Labute approximate surface area is 104 Å². The number of benzene rings is 1. The molecule has 2 N–H and O–H groups in total. The lowest BCUT2D eigenvalue weighted by Gasteiger charge is -2.40. The third kappa shape index (κ3) is 3.15. The monoisotopic (exact) mass is 233 g/mol. The van der Waals surface area contributed by atoms with Crippen LogP contribution in [0.4, 0.5) is 5.69 Å². The maximum Gasteiger partial charge on any atom is 0.115 e. The summed E-state index contributed by atoms with van der Waals surface area (Å²) in [7, 11) is 0. The van der Waals surface area contributed by atoms with Crippen molar-refractivity contribution in [2.75, 3.05) is 5.32 Å². The summed E-state index contributed by atoms with van der Waals surface area (Å²) in [5, 5.41) is 12.8. The minimum Gasteiger partial charge on any atom is -0.508 e. The van der Waals surface area contributed by atoms with E-state index in [2.05, 4.69) is 26.1 Å². The van der Waals surface area contributed by atoms with Crippen LogP contribution in [-0.4, -0.2) is 11.1 Å². The van der Waals surface area contributed by atoms with E-state index in [1.807, 2.05) is 12.1 Å². The van der Waals surface area contributed by atoms with Gasteiger partial charge in [-0.15, -0.1) is 0 Å². The number of nitrogens with one attached hydrogen (secondary N) is 1. The quantitative estimate of drug-likeness (QED) is 0.756. The zero-order valence-corrected chi connectivity index (χ0v) is 11.0. The fourth-order valence-electron chi connectivity index (χ4n) is 2.93. The lowest BCUT2D eigenvalue weighted by atomic mass is 9.70. The Morgan fingerprint density at radius 3 is 2.47 bits per heavy atom. The Morgan fingerprint density at radius 2 is 1.88 bits per heavy atom. The van der Waals surface area contributed by atoms with Gasteiger partial charge in [0.1, 0.15) is 5.75 Å². The van der Waals surface area contributed by atoms with Crippen LogP contribution in [0.3, 0.4) is 0 Å². The predicted octanol–water partition coefficient (Wildman–Crippen LogP) is 4.02. The summed E-state index contributed by atoms with van der Waals surface area (Å²) in [5.74, 6) is 1.03. The molecule has 1 aromatic carbocycles. The Morgan fingerprint density at radius 1 is 1.24 bits per heavy atom. The van der Waals surface area contributed by atoms with Crippen LogP contribution >= 0.6 is 0 Å². The fourth-order valence-corrected chi connectivity index (χ4v) is 2.93. The number of hydrogen-bond donors (Lipinski definition) is 2. The van der Waals surface area contributed by atoms with Crippen molar-refractivity contribution in [1.29, 1.82) is 0 Å². The molecule has 2 rings (SSSR count). The Hall–Kier alpha value is -1.18. The average Bonchev–Trinajstić information content (AvgIpc) is 2.24. The Kier molecular flexibility index (Phi) is 3.32. The van der Waals surface area contributed by atoms with Gasteiger partial charge in [0.25, 0.3) is 0 Å². The van der Waals surface area contributed by atoms with Crippen LogP contribution in [0.15, 0.2) is 24.3 Å². The second-order valence-corrected chi connectivity index (χ2v) is 6.18. The van der Waals surface area contributed by atoms with Gasteiger partial charge in [-0.05, 0) is 54.9 Å². The molecule has 1 aliphatic carbocycles. The third-order valence-corrected chi connectivity index (χ3v) is 3.91. The normalized spacial score (nSPS) is 27.7. The summed E-state index contributed by atoms with van der Waals surface area (Å²) in [6.45, 7) is 7.06. The smallest absolute Gasteiger partial charge is 0.115 e. The van der Waals surface area contributed by atoms with E-state index in [0.29, 0.717) is 23.1 Å². The SMILES string of the molecule is CC1CC(C)(C)CCC1Nc1ccc(O)cc1. The van der Waals surface area contributed by atoms with Gasteiger partial charge < -0.3 is 10.4 Å². The van der Waals surface area contributed by atoms with Gasteiger partial charge in [-0.2, -0.15) is 0 Å². The van der Waals surface area contributed by atoms with Crippen LogP contribution in [0.1, 0.15) is 40.0 Å². The third-order valence-electron chi connectivity index (χ3n) is 3.91. The fraction of sp³-hybridized carbons (Fsp3) is 0.600. The molecule has 0 amide bonds. The Bertz CT molecular complexity index is 369. The van der Waals surface area contributed by atoms with Gasteiger partial charge in [-0.3, -0.25) is 0 Å². The standard InChI is InChI=1S/C15H23NO/c1-11-10-15(2,3)9-8-14(11)16-12-4-6-13(17)7-5-12/h4-7,11,14,16-17H,8-10H2,1-3H3. The molecular weight excluding hydrogens is 210 g/mol. The molecule has 17 heavy (non-hydrogen) atoms. The Balaban J connectivity index is 1.98. The first-order chi connectivity index (χ1) is 7.96. The van der Waals surface area contributed by atoms with Gasteiger partial charge in [-0.1, -0.05) is 20.8 Å². The van der Waals surface area contributed by atoms with Crippen LogP contribution in [-0.2, 0) is 0 Å². The van der Waals surface area contributed by atoms with Gasteiger partial charge in [0.05, 0.1) is 0 Å². The second kappa shape index (κ2) is 4.59. The molecule has 0 spiro atoms. The number of anilines is 1. The van der Waals surface area contributed by atoms with Gasteiger partial charge in [0.2, 0.25) is 0 Å². The molecule has 0 aromatic heterocycles. The number of phenols is 1. The van der Waals surface area contributed by atoms with Crippen molar-refractivity contribution >= 4 is 5.69 Å². The first kappa shape index (κ1) is 12.3. The number of hydrogen-bond acceptors (Lipinski definition) is 2. The maximum atomic E-state index is 9.26. The lowest BCUT2D eigenvalue weighted by molar-refractivity contribution is 0.177. The van der Waals surface area contributed by atoms with Crippen LogP contribution < -0.4 is 5.32 Å². The zero-order chi connectivity index (χ0) is 12.5. The van der Waals surface area contributed by atoms with Crippen molar-refractivity contribution in [2.45, 2.75) is 46.1 Å². The van der Waals surface area contributed by atoms with Crippen molar-refractivity contribution < 1.29 is 5.11 Å². The van der Waals surface area contributed by atoms with Crippen molar-refractivity contribution in [2.24, 2.45) is 11.3 Å². The van der Waals surface area contributed by atoms with E-state index < -0.39 is 0 Å². The molecule has 0 radical (unpaired) electrons. The van der Waals surface area contributed by atoms with Crippen molar-refractivity contribution in [1.82, 2.24) is 0 Å². The van der Waals surface area contributed by atoms with E-state index in [0.717, 1.165) is 5.69 Å². The molecule has 2 heteroatoms. The molecule has 0 heterocycles. The molecule has 2 unspecified atom stereocenters. The van der Waals surface area contributed by atoms with E-state index in [9.17, 15) is 5.11 Å². The van der Waals surface area contributed by atoms with Crippen LogP contribution in [0.2, 0.25) is 0 Å². The number of aromatic hydroxyl groups is 1. The minimum absolute atomic E-state index is 0.327. The van der Waals surface area contributed by atoms with Crippen molar-refractivity contribution in [3.8, 4) is 5.75 Å². The largest absolute Gasteiger partial charge is 0.508 e. The highest BCUT2D eigenvalue weighted by Crippen LogP contribution is 2.39. The molecule has 0 saturated heterocycles. The van der Waals surface area contributed by atoms with Crippen LogP contribution in [0.5, 0.6) is 5.75 Å². The highest BCUT2D eigenvalue weighted by molar-refractivity contribution is 5.46. The molecule has 0 aliphatic heterocycles. The van der Waals surface area contributed by atoms with E-state index in [4.69, 9.17) is 0 Å². The van der Waals surface area contributed by atoms with E-state index in [1.165, 1.54) is 19.3 Å². The molecule has 2 atom stereocenters. The van der Waals surface area contributed by atoms with Crippen molar-refractivity contribution in [3.63, 3.8) is 0 Å². The summed E-state index contributed by atoms with van der Waals surface area (Å²) in [6, 6.07) is 7.93. The molecular formula is C15H23NO. The predicted molar refractivity (Wildman–Crippen MR) is 72.3 cm³/mol. The van der Waals surface area contributed by atoms with Gasteiger partial charge in [0, 0.05) is 11.7 Å². The van der Waals surface area contributed by atoms with Gasteiger partial charge in [0.15, 0.2) is 0 Å².